The summed E-state index contributed by atoms with van der Waals surface area (Å²) in [7, 11) is 0. The third kappa shape index (κ3) is 9.60. The molecule has 3 aliphatic heterocycles. The highest BCUT2D eigenvalue weighted by atomic mass is 15.2. The molecule has 0 saturated carbocycles. The molecule has 0 fully saturated rings. The number of hydrogen-bond donors (Lipinski definition) is 6. The minimum Gasteiger partial charge on any atom is -0.311 e. The molecule has 0 aromatic carbocycles. The molecule has 9 rings (SSSR count). The van der Waals surface area contributed by atoms with Crippen molar-refractivity contribution in [1.82, 2.24) is 41.7 Å². The van der Waals surface area contributed by atoms with Crippen molar-refractivity contribution in [3.05, 3.63) is 174 Å². The molecule has 0 atom stereocenters. The maximum Gasteiger partial charge on any atom is 0.0369 e. The van der Waals surface area contributed by atoms with Gasteiger partial charge in [-0.05, 0) is 18.2 Å². The van der Waals surface area contributed by atoms with Gasteiger partial charge >= 0.3 is 0 Å². The van der Waals surface area contributed by atoms with Gasteiger partial charge in [-0.25, -0.2) is 0 Å². The van der Waals surface area contributed by atoms with Crippen LogP contribution in [0.1, 0.15) is 0 Å². The van der Waals surface area contributed by atoms with Crippen LogP contribution < -0.4 is 31.9 Å². The van der Waals surface area contributed by atoms with Crippen molar-refractivity contribution in [2.75, 3.05) is 118 Å². The normalized spacial score (nSPS) is 26.1. The van der Waals surface area contributed by atoms with E-state index in [-0.39, 0.29) is 0 Å². The fraction of sp³-hybridized carbons (Fsp3) is 0.375. The molecular weight excluding hydrogens is 689 g/mol. The quantitative estimate of drug-likeness (QED) is 0.212. The molecule has 0 spiro atoms. The van der Waals surface area contributed by atoms with Gasteiger partial charge in [-0.1, -0.05) is 54.7 Å². The first-order valence-corrected chi connectivity index (χ1v) is 20.5. The lowest BCUT2D eigenvalue weighted by Gasteiger charge is -2.23. The monoisotopic (exact) mass is 742 g/mol. The lowest BCUT2D eigenvalue weighted by molar-refractivity contribution is 0.275. The molecule has 0 unspecified atom stereocenters. The first-order valence-electron chi connectivity index (χ1n) is 20.5. The van der Waals surface area contributed by atoms with Crippen molar-refractivity contribution in [2.45, 2.75) is 0 Å². The van der Waals surface area contributed by atoms with Crippen LogP contribution in [0.3, 0.4) is 0 Å². The van der Waals surface area contributed by atoms with Gasteiger partial charge in [0.05, 0.1) is 0 Å². The van der Waals surface area contributed by atoms with Crippen molar-refractivity contribution >= 4 is 0 Å². The summed E-state index contributed by atoms with van der Waals surface area (Å²) < 4.78 is 0. The summed E-state index contributed by atoms with van der Waals surface area (Å²) in [4.78, 5) is 5.12. The van der Waals surface area contributed by atoms with E-state index in [9.17, 15) is 0 Å². The van der Waals surface area contributed by atoms with Crippen molar-refractivity contribution in [3.63, 3.8) is 0 Å². The van der Waals surface area contributed by atoms with Crippen molar-refractivity contribution < 1.29 is 0 Å². The molecular formula is C48H54N8. The van der Waals surface area contributed by atoms with Gasteiger partial charge in [0.25, 0.3) is 0 Å². The van der Waals surface area contributed by atoms with Gasteiger partial charge in [-0.2, -0.15) is 0 Å². The number of nitrogens with one attached hydrogen (secondary N) is 6. The van der Waals surface area contributed by atoms with Crippen LogP contribution in [0, 0.1) is 0 Å². The standard InChI is InChI=1S/C48H54N8/c1-4-10-43-37-28-38(44(43)11-5-1)32-50-17-23-56-25-19-52-34-40-29-39(45-12-6-2-7-13-46(40)45)33-51-18-24-55(22-16-49-31-37)26-20-53-35-41-30-42(36-54-21-27-56)48-15-9-3-8-14-47(41)48/h1-10,12,14,49-54H,16-27,31-36H2. The van der Waals surface area contributed by atoms with E-state index in [2.05, 4.69) is 131 Å². The van der Waals surface area contributed by atoms with Gasteiger partial charge in [0.2, 0.25) is 0 Å². The highest BCUT2D eigenvalue weighted by molar-refractivity contribution is 5.66. The Morgan fingerprint density at radius 3 is 0.893 bits per heavy atom. The summed E-state index contributed by atoms with van der Waals surface area (Å²) in [5.41, 5.74) is 36.4. The molecule has 8 heteroatoms. The van der Waals surface area contributed by atoms with E-state index in [1.54, 1.807) is 0 Å². The second kappa shape index (κ2) is 19.4. The molecule has 56 heavy (non-hydrogen) atoms. The predicted octanol–water partition coefficient (Wildman–Crippen LogP) is 3.28. The largest absolute Gasteiger partial charge is 0.311 e. The third-order valence-corrected chi connectivity index (χ3v) is 11.1. The zero-order chi connectivity index (χ0) is 37.8. The van der Waals surface area contributed by atoms with Gasteiger partial charge in [0, 0.05) is 185 Å². The average molecular weight is 743 g/mol. The average Bonchev–Trinajstić information content (AvgIpc) is 3.51. The number of rotatable bonds is 0. The minimum absolute atomic E-state index is 0.765. The summed E-state index contributed by atoms with van der Waals surface area (Å²) in [5.74, 6) is 0. The van der Waals surface area contributed by atoms with Crippen molar-refractivity contribution in [2.24, 2.45) is 0 Å². The molecule has 0 aromatic heterocycles. The van der Waals surface area contributed by atoms with Crippen LogP contribution in [0.25, 0.3) is 0 Å². The fourth-order valence-corrected chi connectivity index (χ4v) is 8.13. The molecule has 0 aromatic rings. The van der Waals surface area contributed by atoms with Crippen LogP contribution in [0.2, 0.25) is 0 Å². The minimum atomic E-state index is 0.765. The second-order valence-corrected chi connectivity index (χ2v) is 14.9. The smallest absolute Gasteiger partial charge is 0.0369 e. The Morgan fingerprint density at radius 1 is 0.339 bits per heavy atom. The summed E-state index contributed by atoms with van der Waals surface area (Å²) in [6, 6.07) is 0. The van der Waals surface area contributed by atoms with Crippen LogP contribution in [-0.4, -0.2) is 128 Å². The Morgan fingerprint density at radius 2 is 0.607 bits per heavy atom. The predicted molar refractivity (Wildman–Crippen MR) is 228 cm³/mol. The molecule has 286 valence electrons. The molecule has 0 amide bonds. The fourth-order valence-electron chi connectivity index (χ4n) is 8.13. The van der Waals surface area contributed by atoms with Crippen molar-refractivity contribution in [1.29, 1.82) is 0 Å². The molecule has 9 aliphatic rings. The van der Waals surface area contributed by atoms with Crippen LogP contribution in [0.4, 0.5) is 0 Å². The van der Waals surface area contributed by atoms with E-state index in [1.807, 2.05) is 18.2 Å². The van der Waals surface area contributed by atoms with Crippen LogP contribution in [0.15, 0.2) is 174 Å². The Bertz CT molecular complexity index is 1940. The number of allylic oxidation sites excluding steroid dienone is 9. The zero-order valence-electron chi connectivity index (χ0n) is 32.6. The topological polar surface area (TPSA) is 78.7 Å². The van der Waals surface area contributed by atoms with Crippen LogP contribution >= 0.6 is 0 Å². The van der Waals surface area contributed by atoms with Gasteiger partial charge in [0.1, 0.15) is 0 Å². The Hall–Kier alpha value is -4.76. The molecule has 3 heterocycles. The maximum atomic E-state index is 3.77. The van der Waals surface area contributed by atoms with Crippen LogP contribution in [0.5, 0.6) is 0 Å². The molecule has 8 nitrogen and oxygen atoms in total. The second-order valence-electron chi connectivity index (χ2n) is 14.9. The van der Waals surface area contributed by atoms with E-state index in [0.717, 1.165) is 135 Å². The Balaban J connectivity index is 1.05. The summed E-state index contributed by atoms with van der Waals surface area (Å²) >= 11 is 0. The van der Waals surface area contributed by atoms with Gasteiger partial charge in [-0.15, -0.1) is 34.4 Å². The summed E-state index contributed by atoms with van der Waals surface area (Å²) in [6.07, 6.45) is 25.3. The number of nitrogens with zero attached hydrogens (tertiary/aromatic N) is 2. The van der Waals surface area contributed by atoms with E-state index >= 15 is 0 Å². The van der Waals surface area contributed by atoms with E-state index in [0.29, 0.717) is 0 Å². The van der Waals surface area contributed by atoms with E-state index < -0.39 is 0 Å². The van der Waals surface area contributed by atoms with E-state index in [4.69, 9.17) is 0 Å². The maximum absolute atomic E-state index is 3.77. The highest BCUT2D eigenvalue weighted by Gasteiger charge is 2.24. The van der Waals surface area contributed by atoms with Gasteiger partial charge in [-0.3, -0.25) is 9.80 Å². The zero-order valence-corrected chi connectivity index (χ0v) is 32.6. The third-order valence-electron chi connectivity index (χ3n) is 11.1. The first-order chi connectivity index (χ1) is 27.8. The first kappa shape index (κ1) is 38.1. The molecule has 6 N–H and O–H groups in total. The molecule has 8 bridgehead atoms. The van der Waals surface area contributed by atoms with Crippen LogP contribution in [-0.2, 0) is 0 Å². The number of fused-ring (bicyclic) bond motifs is 21. The van der Waals surface area contributed by atoms with E-state index in [1.165, 1.54) is 50.2 Å². The molecule has 6 aliphatic carbocycles. The molecule has 0 radical (unpaired) electrons. The lowest BCUT2D eigenvalue weighted by atomic mass is 10.0. The SMILES string of the molecule is C1=C2CNCCN3CCNCC4=C=C(CNCCN(CCNCC=1C1=CC=CC=C=C21)CCNCC1=C=C(CNCC3)C2=C=CC=CC=C12)C1=CC=CC=C=C41. The van der Waals surface area contributed by atoms with Crippen molar-refractivity contribution in [3.8, 4) is 0 Å². The molecule has 0 saturated heterocycles. The summed E-state index contributed by atoms with van der Waals surface area (Å²) in [6.45, 7) is 15.6. The van der Waals surface area contributed by atoms with Gasteiger partial charge in [0.15, 0.2) is 0 Å². The lowest BCUT2D eigenvalue weighted by Crippen LogP contribution is -2.41. The number of hydrogen-bond acceptors (Lipinski definition) is 8. The Kier molecular flexibility index (Phi) is 13.2. The van der Waals surface area contributed by atoms with Gasteiger partial charge < -0.3 is 31.9 Å². The highest BCUT2D eigenvalue weighted by Crippen LogP contribution is 2.33. The summed E-state index contributed by atoms with van der Waals surface area (Å²) in [5, 5.41) is 22.6. The Labute approximate surface area is 332 Å².